The molecule has 4 fully saturated rings. The third-order valence-corrected chi connectivity index (χ3v) is 7.90. The van der Waals surface area contributed by atoms with E-state index in [9.17, 15) is 9.59 Å². The monoisotopic (exact) mass is 436 g/mol. The van der Waals surface area contributed by atoms with Crippen LogP contribution in [0.25, 0.3) is 0 Å². The second-order valence-corrected chi connectivity index (χ2v) is 9.67. The molecule has 176 valence electrons. The molecule has 2 saturated carbocycles. The predicted octanol–water partition coefficient (Wildman–Crippen LogP) is 2.53. The molecule has 2 aliphatic carbocycles. The fourth-order valence-corrected chi connectivity index (χ4v) is 5.97. The number of carbonyl (C=O) groups excluding carboxylic acids is 2. The summed E-state index contributed by atoms with van der Waals surface area (Å²) in [6.45, 7) is 5.35. The number of hydrogen-bond donors (Lipinski definition) is 1. The van der Waals surface area contributed by atoms with Crippen molar-refractivity contribution in [3.63, 3.8) is 0 Å². The molecule has 0 bridgehead atoms. The van der Waals surface area contributed by atoms with Gasteiger partial charge in [-0.25, -0.2) is 9.59 Å². The summed E-state index contributed by atoms with van der Waals surface area (Å²) in [4.78, 5) is 31.4. The van der Waals surface area contributed by atoms with Crippen molar-refractivity contribution in [1.82, 2.24) is 20.0 Å². The summed E-state index contributed by atoms with van der Waals surface area (Å²) in [5.74, 6) is 1.22. The van der Waals surface area contributed by atoms with Crippen molar-refractivity contribution in [2.75, 3.05) is 59.7 Å². The molecule has 1 N–H and O–H groups in total. The average Bonchev–Trinajstić information content (AvgIpc) is 2.84. The Morgan fingerprint density at radius 2 is 1.39 bits per heavy atom. The molecule has 2 heterocycles. The molecule has 8 heteroatoms. The highest BCUT2D eigenvalue weighted by Crippen LogP contribution is 2.39. The average molecular weight is 437 g/mol. The van der Waals surface area contributed by atoms with Crippen LogP contribution in [0.1, 0.15) is 51.4 Å². The number of nitrogens with one attached hydrogen (secondary N) is 1. The second kappa shape index (κ2) is 10.9. The molecule has 0 aromatic rings. The predicted molar refractivity (Wildman–Crippen MR) is 118 cm³/mol. The molecular formula is C23H40N4O4. The lowest BCUT2D eigenvalue weighted by Gasteiger charge is -2.43. The van der Waals surface area contributed by atoms with E-state index in [1.54, 1.807) is 0 Å². The van der Waals surface area contributed by atoms with Crippen LogP contribution >= 0.6 is 0 Å². The molecular weight excluding hydrogens is 396 g/mol. The van der Waals surface area contributed by atoms with Crippen LogP contribution in [0.3, 0.4) is 0 Å². The fraction of sp³-hybridized carbons (Fsp3) is 0.913. The molecule has 0 aromatic heterocycles. The number of urea groups is 2. The first-order valence-electron chi connectivity index (χ1n) is 12.4. The van der Waals surface area contributed by atoms with E-state index in [1.807, 2.05) is 21.7 Å². The van der Waals surface area contributed by atoms with Gasteiger partial charge in [0.05, 0.1) is 26.4 Å². The number of rotatable bonds is 3. The maximum Gasteiger partial charge on any atom is 0.320 e. The van der Waals surface area contributed by atoms with Gasteiger partial charge in [0.25, 0.3) is 0 Å². The van der Waals surface area contributed by atoms with E-state index in [2.05, 4.69) is 5.32 Å². The van der Waals surface area contributed by atoms with Gasteiger partial charge in [0, 0.05) is 45.3 Å². The SMILES string of the molecule is CN(C(=O)N1CCOCC1)C1CCC([C@H]2CCCC[C@@H]2NC(=O)N2CCOCC2)CC1. The smallest absolute Gasteiger partial charge is 0.320 e. The van der Waals surface area contributed by atoms with Gasteiger partial charge >= 0.3 is 12.1 Å². The largest absolute Gasteiger partial charge is 0.378 e. The van der Waals surface area contributed by atoms with Gasteiger partial charge in [-0.05, 0) is 50.4 Å². The summed E-state index contributed by atoms with van der Waals surface area (Å²) in [5.41, 5.74) is 0. The Hall–Kier alpha value is -1.54. The zero-order valence-corrected chi connectivity index (χ0v) is 19.1. The van der Waals surface area contributed by atoms with Crippen LogP contribution in [-0.2, 0) is 9.47 Å². The Morgan fingerprint density at radius 1 is 0.806 bits per heavy atom. The van der Waals surface area contributed by atoms with Crippen molar-refractivity contribution >= 4 is 12.1 Å². The summed E-state index contributed by atoms with van der Waals surface area (Å²) in [5, 5.41) is 3.38. The maximum atomic E-state index is 12.8. The number of nitrogens with zero attached hydrogens (tertiary/aromatic N) is 3. The number of carbonyl (C=O) groups is 2. The first kappa shape index (κ1) is 22.6. The third-order valence-electron chi connectivity index (χ3n) is 7.90. The first-order valence-corrected chi connectivity index (χ1v) is 12.4. The van der Waals surface area contributed by atoms with Crippen LogP contribution in [-0.4, -0.2) is 98.5 Å². The summed E-state index contributed by atoms with van der Waals surface area (Å²) in [6, 6.07) is 0.861. The lowest BCUT2D eigenvalue weighted by Crippen LogP contribution is -2.53. The molecule has 2 saturated heterocycles. The van der Waals surface area contributed by atoms with E-state index in [1.165, 1.54) is 19.3 Å². The van der Waals surface area contributed by atoms with E-state index in [0.717, 1.165) is 32.1 Å². The van der Waals surface area contributed by atoms with Crippen molar-refractivity contribution in [1.29, 1.82) is 0 Å². The van der Waals surface area contributed by atoms with Crippen LogP contribution in [0.15, 0.2) is 0 Å². The van der Waals surface area contributed by atoms with Gasteiger partial charge in [-0.15, -0.1) is 0 Å². The molecule has 8 nitrogen and oxygen atoms in total. The van der Waals surface area contributed by atoms with Crippen LogP contribution in [0.2, 0.25) is 0 Å². The summed E-state index contributed by atoms with van der Waals surface area (Å²) < 4.78 is 10.8. The van der Waals surface area contributed by atoms with Crippen molar-refractivity contribution in [2.24, 2.45) is 11.8 Å². The van der Waals surface area contributed by atoms with Gasteiger partial charge in [0.2, 0.25) is 0 Å². The first-order chi connectivity index (χ1) is 15.1. The van der Waals surface area contributed by atoms with Gasteiger partial charge in [-0.2, -0.15) is 0 Å². The van der Waals surface area contributed by atoms with Gasteiger partial charge in [0.1, 0.15) is 0 Å². The van der Waals surface area contributed by atoms with Gasteiger partial charge in [-0.3, -0.25) is 0 Å². The van der Waals surface area contributed by atoms with Crippen LogP contribution < -0.4 is 5.32 Å². The highest BCUT2D eigenvalue weighted by molar-refractivity contribution is 5.75. The fourth-order valence-electron chi connectivity index (χ4n) is 5.97. The van der Waals surface area contributed by atoms with Crippen molar-refractivity contribution in [2.45, 2.75) is 63.5 Å². The normalized spacial score (nSPS) is 32.4. The molecule has 0 spiro atoms. The van der Waals surface area contributed by atoms with Crippen molar-refractivity contribution < 1.29 is 19.1 Å². The van der Waals surface area contributed by atoms with E-state index in [-0.39, 0.29) is 12.1 Å². The third kappa shape index (κ3) is 5.64. The lowest BCUT2D eigenvalue weighted by molar-refractivity contribution is 0.0370. The number of morpholine rings is 2. The number of ether oxygens (including phenoxy) is 2. The molecule has 31 heavy (non-hydrogen) atoms. The van der Waals surface area contributed by atoms with Gasteiger partial charge < -0.3 is 29.5 Å². The van der Waals surface area contributed by atoms with E-state index in [0.29, 0.717) is 76.5 Å². The summed E-state index contributed by atoms with van der Waals surface area (Å²) in [6.07, 6.45) is 9.22. The number of amides is 4. The topological polar surface area (TPSA) is 74.4 Å². The molecule has 0 aromatic carbocycles. The lowest BCUT2D eigenvalue weighted by atomic mass is 9.70. The quantitative estimate of drug-likeness (QED) is 0.738. The Kier molecular flexibility index (Phi) is 7.93. The summed E-state index contributed by atoms with van der Waals surface area (Å²) in [7, 11) is 1.97. The minimum atomic E-state index is 0.0877. The molecule has 0 radical (unpaired) electrons. The van der Waals surface area contributed by atoms with Crippen molar-refractivity contribution in [3.05, 3.63) is 0 Å². The molecule has 4 aliphatic rings. The minimum absolute atomic E-state index is 0.0877. The van der Waals surface area contributed by atoms with E-state index >= 15 is 0 Å². The molecule has 2 atom stereocenters. The Morgan fingerprint density at radius 3 is 2.03 bits per heavy atom. The van der Waals surface area contributed by atoms with Crippen LogP contribution in [0, 0.1) is 11.8 Å². The minimum Gasteiger partial charge on any atom is -0.378 e. The molecule has 0 unspecified atom stereocenters. The Labute approximate surface area is 186 Å². The molecule has 4 amide bonds. The van der Waals surface area contributed by atoms with Crippen LogP contribution in [0.5, 0.6) is 0 Å². The zero-order chi connectivity index (χ0) is 21.6. The van der Waals surface area contributed by atoms with Crippen molar-refractivity contribution in [3.8, 4) is 0 Å². The Balaban J connectivity index is 1.28. The van der Waals surface area contributed by atoms with E-state index < -0.39 is 0 Å². The Bertz CT molecular complexity index is 598. The zero-order valence-electron chi connectivity index (χ0n) is 19.1. The highest BCUT2D eigenvalue weighted by Gasteiger charge is 2.37. The highest BCUT2D eigenvalue weighted by atomic mass is 16.5. The second-order valence-electron chi connectivity index (χ2n) is 9.67. The van der Waals surface area contributed by atoms with Gasteiger partial charge in [0.15, 0.2) is 0 Å². The molecule has 4 rings (SSSR count). The maximum absolute atomic E-state index is 12.8. The van der Waals surface area contributed by atoms with E-state index in [4.69, 9.17) is 9.47 Å². The standard InChI is InChI=1S/C23H40N4O4/c1-25(23(29)27-12-16-31-17-13-27)19-8-6-18(7-9-19)20-4-2-3-5-21(20)24-22(28)26-10-14-30-15-11-26/h18-21H,2-17H2,1H3,(H,24,28)/t18?,19?,20-,21+/m1/s1. The van der Waals surface area contributed by atoms with Crippen LogP contribution in [0.4, 0.5) is 9.59 Å². The summed E-state index contributed by atoms with van der Waals surface area (Å²) >= 11 is 0. The number of hydrogen-bond acceptors (Lipinski definition) is 4. The van der Waals surface area contributed by atoms with Gasteiger partial charge in [-0.1, -0.05) is 12.8 Å². The molecule has 2 aliphatic heterocycles.